The minimum Gasteiger partial charge on any atom is -0.444 e. The zero-order valence-electron chi connectivity index (χ0n) is 15.3. The lowest BCUT2D eigenvalue weighted by Gasteiger charge is -2.19. The van der Waals surface area contributed by atoms with Crippen molar-refractivity contribution in [3.05, 3.63) is 40.1 Å². The summed E-state index contributed by atoms with van der Waals surface area (Å²) in [7, 11) is 0. The van der Waals surface area contributed by atoms with Crippen molar-refractivity contribution in [2.45, 2.75) is 46.4 Å². The fourth-order valence-corrected chi connectivity index (χ4v) is 3.12. The van der Waals surface area contributed by atoms with Gasteiger partial charge in [0.25, 0.3) is 0 Å². The second kappa shape index (κ2) is 7.33. The molecule has 3 aromatic rings. The first kappa shape index (κ1) is 18.2. The predicted octanol–water partition coefficient (Wildman–Crippen LogP) is 3.96. The molecule has 0 unspecified atom stereocenters. The Kier molecular flexibility index (Phi) is 5.13. The van der Waals surface area contributed by atoms with Crippen molar-refractivity contribution in [2.75, 3.05) is 5.32 Å². The summed E-state index contributed by atoms with van der Waals surface area (Å²) in [6.07, 6.45) is -0.458. The second-order valence-electron chi connectivity index (χ2n) is 6.99. The number of alkyl carbamates (subject to hydrolysis) is 1. The maximum Gasteiger partial charge on any atom is 0.408 e. The number of carbonyl (C=O) groups is 1. The van der Waals surface area contributed by atoms with Crippen LogP contribution in [0.5, 0.6) is 0 Å². The van der Waals surface area contributed by atoms with Gasteiger partial charge in [0.05, 0.1) is 35.3 Å². The van der Waals surface area contributed by atoms with Gasteiger partial charge in [0.2, 0.25) is 0 Å². The van der Waals surface area contributed by atoms with Crippen LogP contribution in [0.25, 0.3) is 11.0 Å². The summed E-state index contributed by atoms with van der Waals surface area (Å²) in [5.74, 6) is 0.682. The quantitative estimate of drug-likeness (QED) is 0.629. The van der Waals surface area contributed by atoms with Gasteiger partial charge in [-0.05, 0) is 45.9 Å². The lowest BCUT2D eigenvalue weighted by molar-refractivity contribution is 0.0522. The standard InChI is InChI=1S/C18H23N5O2S/c1-11-15(26-10-21-11)8-19-12-5-6-13-14(7-12)23-16(22-13)9-20-17(24)25-18(2,3)4/h5-7,10,19H,8-9H2,1-4H3,(H,20,24)(H,22,23). The lowest BCUT2D eigenvalue weighted by Crippen LogP contribution is -2.32. The molecule has 3 N–H and O–H groups in total. The van der Waals surface area contributed by atoms with Gasteiger partial charge in [0, 0.05) is 10.6 Å². The lowest BCUT2D eigenvalue weighted by atomic mass is 10.2. The smallest absolute Gasteiger partial charge is 0.408 e. The van der Waals surface area contributed by atoms with E-state index in [-0.39, 0.29) is 6.54 Å². The number of aryl methyl sites for hydroxylation is 1. The average molecular weight is 373 g/mol. The molecule has 2 heterocycles. The molecule has 7 nitrogen and oxygen atoms in total. The number of aromatic nitrogens is 3. The van der Waals surface area contributed by atoms with E-state index >= 15 is 0 Å². The van der Waals surface area contributed by atoms with Crippen LogP contribution in [0.3, 0.4) is 0 Å². The zero-order valence-corrected chi connectivity index (χ0v) is 16.2. The summed E-state index contributed by atoms with van der Waals surface area (Å²) < 4.78 is 5.22. The second-order valence-corrected chi connectivity index (χ2v) is 7.92. The number of nitrogens with one attached hydrogen (secondary N) is 3. The first-order valence-electron chi connectivity index (χ1n) is 8.38. The number of amides is 1. The Morgan fingerprint density at radius 3 is 2.81 bits per heavy atom. The van der Waals surface area contributed by atoms with Crippen LogP contribution in [-0.4, -0.2) is 26.6 Å². The van der Waals surface area contributed by atoms with Crippen LogP contribution in [0.4, 0.5) is 10.5 Å². The number of rotatable bonds is 5. The van der Waals surface area contributed by atoms with Crippen molar-refractivity contribution in [1.29, 1.82) is 0 Å². The van der Waals surface area contributed by atoms with E-state index in [1.807, 2.05) is 51.4 Å². The SMILES string of the molecule is Cc1ncsc1CNc1ccc2nc(CNC(=O)OC(C)(C)C)[nH]c2c1. The van der Waals surface area contributed by atoms with Crippen molar-refractivity contribution in [3.8, 4) is 0 Å². The van der Waals surface area contributed by atoms with Crippen LogP contribution in [0.1, 0.15) is 37.2 Å². The number of ether oxygens (including phenoxy) is 1. The van der Waals surface area contributed by atoms with E-state index in [1.165, 1.54) is 4.88 Å². The molecule has 1 aromatic carbocycles. The molecule has 0 aliphatic carbocycles. The third-order valence-electron chi connectivity index (χ3n) is 3.63. The number of imidazole rings is 1. The maximum atomic E-state index is 11.7. The van der Waals surface area contributed by atoms with Crippen LogP contribution in [0, 0.1) is 6.92 Å². The van der Waals surface area contributed by atoms with Crippen LogP contribution >= 0.6 is 11.3 Å². The molecule has 0 atom stereocenters. The monoisotopic (exact) mass is 373 g/mol. The summed E-state index contributed by atoms with van der Waals surface area (Å²) in [6.45, 7) is 8.52. The molecule has 0 bridgehead atoms. The number of anilines is 1. The number of benzene rings is 1. The van der Waals surface area contributed by atoms with E-state index in [0.29, 0.717) is 5.82 Å². The molecule has 138 valence electrons. The number of aromatic amines is 1. The number of thiazole rings is 1. The van der Waals surface area contributed by atoms with Gasteiger partial charge in [-0.25, -0.2) is 14.8 Å². The molecular weight excluding hydrogens is 350 g/mol. The van der Waals surface area contributed by atoms with Gasteiger partial charge in [-0.2, -0.15) is 0 Å². The molecule has 0 saturated heterocycles. The van der Waals surface area contributed by atoms with Gasteiger partial charge in [-0.3, -0.25) is 0 Å². The maximum absolute atomic E-state index is 11.7. The Labute approximate surface area is 156 Å². The Morgan fingerprint density at radius 1 is 1.31 bits per heavy atom. The normalized spacial score (nSPS) is 11.5. The third-order valence-corrected chi connectivity index (χ3v) is 4.56. The number of hydrogen-bond donors (Lipinski definition) is 3. The van der Waals surface area contributed by atoms with E-state index in [0.717, 1.165) is 29.0 Å². The molecular formula is C18H23N5O2S. The summed E-state index contributed by atoms with van der Waals surface area (Å²) in [5.41, 5.74) is 5.16. The van der Waals surface area contributed by atoms with Crippen molar-refractivity contribution in [3.63, 3.8) is 0 Å². The molecule has 3 rings (SSSR count). The topological polar surface area (TPSA) is 91.9 Å². The summed E-state index contributed by atoms with van der Waals surface area (Å²) in [5, 5.41) is 6.10. The fourth-order valence-electron chi connectivity index (χ4n) is 2.40. The first-order chi connectivity index (χ1) is 12.3. The van der Waals surface area contributed by atoms with Crippen molar-refractivity contribution in [2.24, 2.45) is 0 Å². The van der Waals surface area contributed by atoms with Gasteiger partial charge in [0.15, 0.2) is 0 Å². The minimum atomic E-state index is -0.519. The molecule has 0 aliphatic heterocycles. The molecule has 2 aromatic heterocycles. The fraction of sp³-hybridized carbons (Fsp3) is 0.389. The minimum absolute atomic E-state index is 0.284. The highest BCUT2D eigenvalue weighted by atomic mass is 32.1. The summed E-state index contributed by atoms with van der Waals surface area (Å²) in [6, 6.07) is 5.95. The average Bonchev–Trinajstić information content (AvgIpc) is 3.14. The molecule has 0 saturated carbocycles. The van der Waals surface area contributed by atoms with Gasteiger partial charge in [-0.1, -0.05) is 0 Å². The number of fused-ring (bicyclic) bond motifs is 1. The van der Waals surface area contributed by atoms with Gasteiger partial charge < -0.3 is 20.4 Å². The van der Waals surface area contributed by atoms with Crippen molar-refractivity contribution in [1.82, 2.24) is 20.3 Å². The Hall–Kier alpha value is -2.61. The summed E-state index contributed by atoms with van der Waals surface area (Å²) in [4.78, 5) is 24.9. The van der Waals surface area contributed by atoms with E-state index in [9.17, 15) is 4.79 Å². The largest absolute Gasteiger partial charge is 0.444 e. The molecule has 0 spiro atoms. The van der Waals surface area contributed by atoms with E-state index < -0.39 is 11.7 Å². The molecule has 0 radical (unpaired) electrons. The van der Waals surface area contributed by atoms with Crippen LogP contribution < -0.4 is 10.6 Å². The van der Waals surface area contributed by atoms with Crippen LogP contribution in [-0.2, 0) is 17.8 Å². The number of nitrogens with zero attached hydrogens (tertiary/aromatic N) is 2. The van der Waals surface area contributed by atoms with E-state index in [1.54, 1.807) is 11.3 Å². The molecule has 0 fully saturated rings. The van der Waals surface area contributed by atoms with Crippen molar-refractivity contribution < 1.29 is 9.53 Å². The Bertz CT molecular complexity index is 910. The van der Waals surface area contributed by atoms with Crippen LogP contribution in [0.2, 0.25) is 0 Å². The van der Waals surface area contributed by atoms with Gasteiger partial charge in [-0.15, -0.1) is 11.3 Å². The highest BCUT2D eigenvalue weighted by Crippen LogP contribution is 2.20. The highest BCUT2D eigenvalue weighted by molar-refractivity contribution is 7.09. The Balaban J connectivity index is 1.62. The zero-order chi connectivity index (χ0) is 18.7. The van der Waals surface area contributed by atoms with Crippen LogP contribution in [0.15, 0.2) is 23.7 Å². The van der Waals surface area contributed by atoms with Crippen molar-refractivity contribution >= 4 is 34.2 Å². The summed E-state index contributed by atoms with van der Waals surface area (Å²) >= 11 is 1.64. The van der Waals surface area contributed by atoms with Gasteiger partial charge >= 0.3 is 6.09 Å². The molecule has 8 heteroatoms. The number of H-pyrrole nitrogens is 1. The molecule has 1 amide bonds. The van der Waals surface area contributed by atoms with E-state index in [2.05, 4.69) is 25.6 Å². The molecule has 26 heavy (non-hydrogen) atoms. The van der Waals surface area contributed by atoms with E-state index in [4.69, 9.17) is 4.74 Å². The highest BCUT2D eigenvalue weighted by Gasteiger charge is 2.16. The first-order valence-corrected chi connectivity index (χ1v) is 9.26. The molecule has 0 aliphatic rings. The predicted molar refractivity (Wildman–Crippen MR) is 103 cm³/mol. The third kappa shape index (κ3) is 4.72. The number of carbonyl (C=O) groups excluding carboxylic acids is 1. The number of hydrogen-bond acceptors (Lipinski definition) is 6. The Morgan fingerprint density at radius 2 is 2.12 bits per heavy atom. The van der Waals surface area contributed by atoms with Gasteiger partial charge in [0.1, 0.15) is 11.4 Å².